The molecule has 7 heteroatoms. The molecule has 0 saturated carbocycles. The lowest BCUT2D eigenvalue weighted by atomic mass is 10.1. The first-order valence-corrected chi connectivity index (χ1v) is 7.12. The van der Waals surface area contributed by atoms with E-state index >= 15 is 0 Å². The Morgan fingerprint density at radius 3 is 2.70 bits per heavy atom. The molecular formula is C13H10ClN3O2S. The van der Waals surface area contributed by atoms with Gasteiger partial charge in [0.2, 0.25) is 5.91 Å². The van der Waals surface area contributed by atoms with E-state index in [0.29, 0.717) is 10.2 Å². The maximum Gasteiger partial charge on any atom is 0.330 e. The molecule has 0 atom stereocenters. The predicted molar refractivity (Wildman–Crippen MR) is 77.3 cm³/mol. The minimum atomic E-state index is -0.414. The number of carbonyl (C=O) groups is 2. The van der Waals surface area contributed by atoms with Crippen LogP contribution in [0, 0.1) is 0 Å². The van der Waals surface area contributed by atoms with Crippen molar-refractivity contribution in [1.29, 1.82) is 0 Å². The van der Waals surface area contributed by atoms with E-state index in [1.54, 1.807) is 6.20 Å². The summed E-state index contributed by atoms with van der Waals surface area (Å²) in [5.74, 6) is -0.301. The van der Waals surface area contributed by atoms with Crippen LogP contribution in [0.25, 0.3) is 0 Å². The molecule has 1 aliphatic rings. The van der Waals surface area contributed by atoms with Gasteiger partial charge in [0, 0.05) is 22.5 Å². The van der Waals surface area contributed by atoms with Crippen molar-refractivity contribution in [2.45, 2.75) is 6.42 Å². The van der Waals surface area contributed by atoms with E-state index in [1.807, 2.05) is 24.3 Å². The average molecular weight is 308 g/mol. The minimum absolute atomic E-state index is 0.0345. The lowest BCUT2D eigenvalue weighted by molar-refractivity contribution is -0.117. The molecule has 2 heterocycles. The Balaban J connectivity index is 1.75. The van der Waals surface area contributed by atoms with E-state index in [4.69, 9.17) is 11.6 Å². The number of thiazole rings is 1. The molecule has 3 rings (SSSR count). The highest BCUT2D eigenvalue weighted by atomic mass is 35.5. The van der Waals surface area contributed by atoms with Crippen LogP contribution in [0.1, 0.15) is 10.4 Å². The van der Waals surface area contributed by atoms with E-state index in [0.717, 1.165) is 16.9 Å². The molecule has 102 valence electrons. The number of nitrogens with zero attached hydrogens (tertiary/aromatic N) is 2. The first-order chi connectivity index (χ1) is 9.61. The largest absolute Gasteiger partial charge is 0.330 e. The van der Waals surface area contributed by atoms with Crippen molar-refractivity contribution in [2.24, 2.45) is 0 Å². The lowest BCUT2D eigenvalue weighted by Crippen LogP contribution is -2.27. The van der Waals surface area contributed by atoms with Crippen LogP contribution < -0.4 is 10.2 Å². The number of benzene rings is 1. The molecule has 0 aliphatic carbocycles. The predicted octanol–water partition coefficient (Wildman–Crippen LogP) is 2.44. The summed E-state index contributed by atoms with van der Waals surface area (Å²) >= 11 is 7.25. The summed E-state index contributed by atoms with van der Waals surface area (Å²) in [6, 6.07) is 7.17. The summed E-state index contributed by atoms with van der Waals surface area (Å²) in [6.07, 6.45) is 2.45. The number of carbonyl (C=O) groups excluding carboxylic acids is 2. The Kier molecular flexibility index (Phi) is 3.42. The first-order valence-electron chi connectivity index (χ1n) is 5.92. The Morgan fingerprint density at radius 2 is 2.05 bits per heavy atom. The smallest absolute Gasteiger partial charge is 0.276 e. The first kappa shape index (κ1) is 13.1. The lowest BCUT2D eigenvalue weighted by Gasteiger charge is -2.07. The summed E-state index contributed by atoms with van der Waals surface area (Å²) in [5.41, 5.74) is 1.12. The zero-order valence-electron chi connectivity index (χ0n) is 10.3. The molecule has 1 N–H and O–H groups in total. The van der Waals surface area contributed by atoms with E-state index in [9.17, 15) is 9.59 Å². The number of hydrogen-bond acceptors (Lipinski definition) is 4. The monoisotopic (exact) mass is 307 g/mol. The topological polar surface area (TPSA) is 62.3 Å². The third-order valence-electron chi connectivity index (χ3n) is 2.86. The summed E-state index contributed by atoms with van der Waals surface area (Å²) in [4.78, 5) is 29.3. The average Bonchev–Trinajstić information content (AvgIpc) is 2.99. The maximum absolute atomic E-state index is 11.5. The highest BCUT2D eigenvalue weighted by molar-refractivity contribution is 7.15. The molecule has 20 heavy (non-hydrogen) atoms. The molecular weight excluding hydrogens is 298 g/mol. The number of urea groups is 1. The number of halogens is 1. The van der Waals surface area contributed by atoms with Crippen LogP contribution in [-0.2, 0) is 11.2 Å². The van der Waals surface area contributed by atoms with Crippen molar-refractivity contribution in [1.82, 2.24) is 10.3 Å². The fourth-order valence-corrected chi connectivity index (χ4v) is 2.97. The second kappa shape index (κ2) is 5.22. The SMILES string of the molecule is O=C1CN(c2ncc(Cc3ccc(Cl)cc3)s2)C(=O)N1. The van der Waals surface area contributed by atoms with Gasteiger partial charge in [0.1, 0.15) is 6.54 Å². The fraction of sp³-hybridized carbons (Fsp3) is 0.154. The number of amides is 3. The zero-order chi connectivity index (χ0) is 14.1. The van der Waals surface area contributed by atoms with Gasteiger partial charge in [-0.25, -0.2) is 9.78 Å². The van der Waals surface area contributed by atoms with Gasteiger partial charge >= 0.3 is 6.03 Å². The van der Waals surface area contributed by atoms with Crippen LogP contribution in [-0.4, -0.2) is 23.5 Å². The van der Waals surface area contributed by atoms with E-state index < -0.39 is 6.03 Å². The van der Waals surface area contributed by atoms with Gasteiger partial charge in [-0.15, -0.1) is 11.3 Å². The van der Waals surface area contributed by atoms with Gasteiger partial charge in [-0.05, 0) is 17.7 Å². The molecule has 3 amide bonds. The Bertz CT molecular complexity index is 669. The quantitative estimate of drug-likeness (QED) is 0.886. The van der Waals surface area contributed by atoms with Crippen molar-refractivity contribution in [3.8, 4) is 0 Å². The second-order valence-electron chi connectivity index (χ2n) is 4.35. The summed E-state index contributed by atoms with van der Waals surface area (Å²) in [5, 5.41) is 3.47. The summed E-state index contributed by atoms with van der Waals surface area (Å²) in [7, 11) is 0. The molecule has 1 fully saturated rings. The van der Waals surface area contributed by atoms with Crippen LogP contribution >= 0.6 is 22.9 Å². The Hall–Kier alpha value is -1.92. The molecule has 0 spiro atoms. The van der Waals surface area contributed by atoms with Crippen LogP contribution in [0.15, 0.2) is 30.5 Å². The van der Waals surface area contributed by atoms with Gasteiger partial charge in [0.25, 0.3) is 0 Å². The summed E-state index contributed by atoms with van der Waals surface area (Å²) in [6.45, 7) is 0.0345. The zero-order valence-corrected chi connectivity index (χ0v) is 11.9. The van der Waals surface area contributed by atoms with Crippen molar-refractivity contribution in [2.75, 3.05) is 11.4 Å². The van der Waals surface area contributed by atoms with E-state index in [2.05, 4.69) is 10.3 Å². The molecule has 2 aromatic rings. The number of aromatic nitrogens is 1. The van der Waals surface area contributed by atoms with Crippen LogP contribution in [0.5, 0.6) is 0 Å². The van der Waals surface area contributed by atoms with E-state index in [1.165, 1.54) is 16.2 Å². The summed E-state index contributed by atoms with van der Waals surface area (Å²) < 4.78 is 0. The van der Waals surface area contributed by atoms with E-state index in [-0.39, 0.29) is 12.5 Å². The normalized spacial score (nSPS) is 14.8. The number of hydrogen-bond donors (Lipinski definition) is 1. The van der Waals surface area contributed by atoms with Gasteiger partial charge in [-0.1, -0.05) is 23.7 Å². The van der Waals surface area contributed by atoms with Crippen LogP contribution in [0.3, 0.4) is 0 Å². The Labute approximate surface area is 124 Å². The van der Waals surface area contributed by atoms with Gasteiger partial charge in [-0.3, -0.25) is 15.0 Å². The molecule has 0 unspecified atom stereocenters. The van der Waals surface area contributed by atoms with Crippen molar-refractivity contribution in [3.05, 3.63) is 45.9 Å². The highest BCUT2D eigenvalue weighted by Crippen LogP contribution is 2.26. The molecule has 5 nitrogen and oxygen atoms in total. The minimum Gasteiger partial charge on any atom is -0.276 e. The standard InChI is InChI=1S/C13H10ClN3O2S/c14-9-3-1-8(2-4-9)5-10-6-15-13(20-10)17-7-11(18)16-12(17)19/h1-4,6H,5,7H2,(H,16,18,19). The molecule has 1 aromatic heterocycles. The fourth-order valence-electron chi connectivity index (χ4n) is 1.90. The Morgan fingerprint density at radius 1 is 1.30 bits per heavy atom. The third kappa shape index (κ3) is 2.66. The number of nitrogens with one attached hydrogen (secondary N) is 1. The van der Waals surface area contributed by atoms with Gasteiger partial charge in [0.15, 0.2) is 5.13 Å². The molecule has 1 saturated heterocycles. The van der Waals surface area contributed by atoms with Crippen molar-refractivity contribution < 1.29 is 9.59 Å². The molecule has 0 bridgehead atoms. The van der Waals surface area contributed by atoms with Gasteiger partial charge in [-0.2, -0.15) is 0 Å². The highest BCUT2D eigenvalue weighted by Gasteiger charge is 2.29. The van der Waals surface area contributed by atoms with Crippen LogP contribution in [0.4, 0.5) is 9.93 Å². The number of anilines is 1. The molecule has 1 aromatic carbocycles. The second-order valence-corrected chi connectivity index (χ2v) is 5.88. The molecule has 0 radical (unpaired) electrons. The van der Waals surface area contributed by atoms with Gasteiger partial charge < -0.3 is 0 Å². The molecule has 1 aliphatic heterocycles. The number of imide groups is 1. The van der Waals surface area contributed by atoms with Crippen molar-refractivity contribution >= 4 is 40.0 Å². The number of rotatable bonds is 3. The van der Waals surface area contributed by atoms with Crippen LogP contribution in [0.2, 0.25) is 5.02 Å². The van der Waals surface area contributed by atoms with Gasteiger partial charge in [0.05, 0.1) is 0 Å². The third-order valence-corrected chi connectivity index (χ3v) is 4.13. The maximum atomic E-state index is 11.5. The van der Waals surface area contributed by atoms with Crippen molar-refractivity contribution in [3.63, 3.8) is 0 Å².